The Morgan fingerprint density at radius 3 is 2.03 bits per heavy atom. The molecule has 0 atom stereocenters. The van der Waals surface area contributed by atoms with Gasteiger partial charge < -0.3 is 9.15 Å². The third kappa shape index (κ3) is 3.71. The molecule has 2 heterocycles. The van der Waals surface area contributed by atoms with E-state index in [0.29, 0.717) is 43.0 Å². The van der Waals surface area contributed by atoms with Crippen LogP contribution in [0.3, 0.4) is 0 Å². The van der Waals surface area contributed by atoms with Gasteiger partial charge in [-0.1, -0.05) is 48.5 Å². The molecular formula is C28H16F6O2S. The first kappa shape index (κ1) is 23.7. The largest absolute Gasteiger partial charge is 0.573 e. The number of para-hydroxylation sites is 1. The molecule has 6 aromatic rings. The number of thiophene rings is 1. The normalized spacial score (nSPS) is 12.9. The van der Waals surface area contributed by atoms with Crippen molar-refractivity contribution >= 4 is 53.4 Å². The van der Waals surface area contributed by atoms with E-state index in [1.807, 2.05) is 0 Å². The Bertz CT molecular complexity index is 1860. The third-order valence-corrected chi connectivity index (χ3v) is 7.90. The van der Waals surface area contributed by atoms with E-state index in [0.717, 1.165) is 16.9 Å². The molecular weight excluding hydrogens is 514 g/mol. The number of aryl methyl sites for hydroxylation is 2. The third-order valence-electron chi connectivity index (χ3n) is 6.54. The van der Waals surface area contributed by atoms with Crippen molar-refractivity contribution in [3.63, 3.8) is 0 Å². The van der Waals surface area contributed by atoms with Gasteiger partial charge in [0.2, 0.25) is 0 Å². The van der Waals surface area contributed by atoms with Crippen molar-refractivity contribution in [1.29, 1.82) is 0 Å². The Morgan fingerprint density at radius 2 is 1.30 bits per heavy atom. The van der Waals surface area contributed by atoms with E-state index in [9.17, 15) is 26.3 Å². The number of hydrogen-bond acceptors (Lipinski definition) is 3. The van der Waals surface area contributed by atoms with E-state index < -0.39 is 18.1 Å². The van der Waals surface area contributed by atoms with Gasteiger partial charge in [0, 0.05) is 26.2 Å². The molecule has 0 bridgehead atoms. The molecule has 2 aromatic heterocycles. The Morgan fingerprint density at radius 1 is 0.676 bits per heavy atom. The zero-order valence-corrected chi connectivity index (χ0v) is 20.1. The van der Waals surface area contributed by atoms with Crippen molar-refractivity contribution in [3.05, 3.63) is 77.4 Å². The molecule has 0 N–H and O–H groups in total. The highest BCUT2D eigenvalue weighted by molar-refractivity contribution is 7.26. The minimum atomic E-state index is -4.87. The smallest absolute Gasteiger partial charge is 0.455 e. The van der Waals surface area contributed by atoms with Crippen molar-refractivity contribution < 1.29 is 35.5 Å². The molecule has 4 aromatic carbocycles. The second-order valence-corrected chi connectivity index (χ2v) is 9.83. The van der Waals surface area contributed by atoms with E-state index in [1.54, 1.807) is 56.3 Å². The summed E-state index contributed by atoms with van der Waals surface area (Å²) in [5, 5.41) is 2.14. The Hall–Kier alpha value is -3.72. The van der Waals surface area contributed by atoms with Gasteiger partial charge in [-0.05, 0) is 48.2 Å². The first-order valence-corrected chi connectivity index (χ1v) is 12.0. The van der Waals surface area contributed by atoms with Crippen LogP contribution in [0.25, 0.3) is 53.2 Å². The number of ether oxygens (including phenoxy) is 1. The number of alkyl halides is 6. The predicted octanol–water partition coefficient (Wildman–Crippen LogP) is 10.2. The van der Waals surface area contributed by atoms with Crippen LogP contribution < -0.4 is 4.74 Å². The Kier molecular flexibility index (Phi) is 5.04. The van der Waals surface area contributed by atoms with Gasteiger partial charge in [-0.25, -0.2) is 0 Å². The number of hydrogen-bond donors (Lipinski definition) is 0. The van der Waals surface area contributed by atoms with E-state index in [-0.39, 0.29) is 21.6 Å². The van der Waals surface area contributed by atoms with E-state index >= 15 is 0 Å². The molecule has 0 fully saturated rings. The maximum Gasteiger partial charge on any atom is 0.573 e. The van der Waals surface area contributed by atoms with Crippen LogP contribution in [0.2, 0.25) is 0 Å². The van der Waals surface area contributed by atoms with Gasteiger partial charge in [0.1, 0.15) is 22.5 Å². The fraction of sp³-hybridized carbons (Fsp3) is 0.143. The Labute approximate surface area is 209 Å². The fourth-order valence-electron chi connectivity index (χ4n) is 4.98. The lowest BCUT2D eigenvalue weighted by Crippen LogP contribution is -2.17. The number of halogens is 6. The molecule has 2 nitrogen and oxygen atoms in total. The molecule has 9 heteroatoms. The quantitative estimate of drug-likeness (QED) is 0.208. The van der Waals surface area contributed by atoms with Crippen LogP contribution in [-0.4, -0.2) is 6.36 Å². The van der Waals surface area contributed by atoms with Crippen LogP contribution in [0.4, 0.5) is 26.3 Å². The molecule has 37 heavy (non-hydrogen) atoms. The highest BCUT2D eigenvalue weighted by atomic mass is 32.1. The van der Waals surface area contributed by atoms with Gasteiger partial charge in [-0.3, -0.25) is 0 Å². The van der Waals surface area contributed by atoms with Crippen molar-refractivity contribution in [2.75, 3.05) is 0 Å². The SMILES string of the molecule is Cc1cccc2c1oc1c(C(F)(F)F)c(-c3ccc4c(sc5c(OC(F)(F)F)cccc54)c3C)ccc12. The second kappa shape index (κ2) is 7.89. The van der Waals surface area contributed by atoms with Crippen molar-refractivity contribution in [3.8, 4) is 16.9 Å². The molecule has 0 spiro atoms. The van der Waals surface area contributed by atoms with Crippen molar-refractivity contribution in [2.45, 2.75) is 26.4 Å². The zero-order valence-electron chi connectivity index (χ0n) is 19.3. The zero-order chi connectivity index (χ0) is 26.3. The lowest BCUT2D eigenvalue weighted by molar-refractivity contribution is -0.274. The summed E-state index contributed by atoms with van der Waals surface area (Å²) in [5.74, 6) is -0.345. The van der Waals surface area contributed by atoms with Gasteiger partial charge in [0.15, 0.2) is 0 Å². The van der Waals surface area contributed by atoms with Gasteiger partial charge in [0.05, 0.1) is 4.70 Å². The van der Waals surface area contributed by atoms with Gasteiger partial charge in [0.25, 0.3) is 0 Å². The van der Waals surface area contributed by atoms with Crippen molar-refractivity contribution in [1.82, 2.24) is 0 Å². The molecule has 0 unspecified atom stereocenters. The maximum absolute atomic E-state index is 14.5. The highest BCUT2D eigenvalue weighted by Crippen LogP contribution is 2.48. The first-order chi connectivity index (χ1) is 17.4. The number of rotatable bonds is 2. The summed E-state index contributed by atoms with van der Waals surface area (Å²) in [6.45, 7) is 3.44. The van der Waals surface area contributed by atoms with Gasteiger partial charge in [-0.2, -0.15) is 13.2 Å². The highest BCUT2D eigenvalue weighted by Gasteiger charge is 2.38. The molecule has 0 radical (unpaired) electrons. The minimum absolute atomic E-state index is 0.0552. The van der Waals surface area contributed by atoms with Gasteiger partial charge in [-0.15, -0.1) is 24.5 Å². The predicted molar refractivity (Wildman–Crippen MR) is 133 cm³/mol. The lowest BCUT2D eigenvalue weighted by Gasteiger charge is -2.15. The maximum atomic E-state index is 14.5. The lowest BCUT2D eigenvalue weighted by atomic mass is 9.92. The summed E-state index contributed by atoms with van der Waals surface area (Å²) in [6.07, 6.45) is -9.58. The number of fused-ring (bicyclic) bond motifs is 6. The minimum Gasteiger partial charge on any atom is -0.455 e. The second-order valence-electron chi connectivity index (χ2n) is 8.81. The Balaban J connectivity index is 1.64. The van der Waals surface area contributed by atoms with Crippen LogP contribution in [-0.2, 0) is 6.18 Å². The molecule has 0 saturated carbocycles. The topological polar surface area (TPSA) is 22.4 Å². The standard InChI is InChI=1S/C28H16F6O2S/c1-13-5-3-6-17-18-11-10-16(22(27(29,30)31)24(18)35-23(13)17)15-9-12-20-19-7-4-8-21(36-28(32,33)34)26(19)37-25(20)14(15)2/h3-12H,1-2H3. The molecule has 0 amide bonds. The van der Waals surface area contributed by atoms with Crippen LogP contribution in [0.1, 0.15) is 16.7 Å². The monoisotopic (exact) mass is 530 g/mol. The summed E-state index contributed by atoms with van der Waals surface area (Å²) < 4.78 is 93.3. The van der Waals surface area contributed by atoms with E-state index in [1.165, 1.54) is 18.2 Å². The average Bonchev–Trinajstić information content (AvgIpc) is 3.38. The summed E-state index contributed by atoms with van der Waals surface area (Å²) in [6, 6.07) is 15.9. The van der Waals surface area contributed by atoms with Crippen LogP contribution >= 0.6 is 11.3 Å². The summed E-state index contributed by atoms with van der Waals surface area (Å²) >= 11 is 1.06. The van der Waals surface area contributed by atoms with E-state index in [2.05, 4.69) is 4.74 Å². The van der Waals surface area contributed by atoms with Gasteiger partial charge >= 0.3 is 12.5 Å². The van der Waals surface area contributed by atoms with E-state index in [4.69, 9.17) is 4.42 Å². The van der Waals surface area contributed by atoms with Crippen LogP contribution in [0.15, 0.2) is 65.1 Å². The molecule has 0 aliphatic carbocycles. The number of benzene rings is 4. The average molecular weight is 530 g/mol. The molecule has 188 valence electrons. The summed E-state index contributed by atoms with van der Waals surface area (Å²) in [7, 11) is 0. The van der Waals surface area contributed by atoms with Crippen LogP contribution in [0.5, 0.6) is 5.75 Å². The molecule has 0 aliphatic rings. The molecule has 6 rings (SSSR count). The first-order valence-electron chi connectivity index (χ1n) is 11.2. The molecule has 0 saturated heterocycles. The van der Waals surface area contributed by atoms with Crippen LogP contribution in [0, 0.1) is 13.8 Å². The fourth-order valence-corrected chi connectivity index (χ4v) is 6.23. The summed E-state index contributed by atoms with van der Waals surface area (Å²) in [5.41, 5.74) is 0.784. The molecule has 0 aliphatic heterocycles. The van der Waals surface area contributed by atoms with Crippen molar-refractivity contribution in [2.24, 2.45) is 0 Å². The number of furan rings is 1. The summed E-state index contributed by atoms with van der Waals surface area (Å²) in [4.78, 5) is 0.